The highest BCUT2D eigenvalue weighted by Gasteiger charge is 2.69. The number of aryl methyl sites for hydroxylation is 1. The predicted octanol–water partition coefficient (Wildman–Crippen LogP) is 1.88. The second-order valence-corrected chi connectivity index (χ2v) is 11.9. The molecule has 0 radical (unpaired) electrons. The molecule has 0 aromatic heterocycles. The van der Waals surface area contributed by atoms with E-state index in [-0.39, 0.29) is 24.2 Å². The highest BCUT2D eigenvalue weighted by molar-refractivity contribution is 6.32. The topological polar surface area (TPSA) is 155 Å². The average Bonchev–Trinajstić information content (AvgIpc) is 2.93. The number of aromatic hydroxyl groups is 1. The van der Waals surface area contributed by atoms with Gasteiger partial charge in [0.25, 0.3) is 0 Å². The Morgan fingerprint density at radius 3 is 2.38 bits per heavy atom. The van der Waals surface area contributed by atoms with Crippen molar-refractivity contribution in [3.05, 3.63) is 53.1 Å². The van der Waals surface area contributed by atoms with Gasteiger partial charge in [-0.15, -0.1) is 12.3 Å². The van der Waals surface area contributed by atoms with Gasteiger partial charge < -0.3 is 15.9 Å². The van der Waals surface area contributed by atoms with Crippen LogP contribution in [0.3, 0.4) is 0 Å². The molecule has 5 rings (SSSR count). The number of primary amides is 1. The van der Waals surface area contributed by atoms with Crippen LogP contribution in [-0.2, 0) is 32.0 Å². The summed E-state index contributed by atoms with van der Waals surface area (Å²) in [7, 11) is 3.12. The molecule has 9 heteroatoms. The largest absolute Gasteiger partial charge is 0.507 e. The number of phenols is 1. The van der Waals surface area contributed by atoms with E-state index in [1.807, 2.05) is 24.3 Å². The van der Waals surface area contributed by atoms with Gasteiger partial charge in [0.15, 0.2) is 34.7 Å². The van der Waals surface area contributed by atoms with Crippen molar-refractivity contribution in [3.63, 3.8) is 0 Å². The molecule has 1 amide bonds. The summed E-state index contributed by atoms with van der Waals surface area (Å²) < 4.78 is 0. The molecule has 2 aromatic rings. The summed E-state index contributed by atoms with van der Waals surface area (Å²) in [6.45, 7) is 0. The van der Waals surface area contributed by atoms with Gasteiger partial charge in [-0.2, -0.15) is 0 Å². The number of carbonyl (C=O) groups is 5. The molecule has 0 heterocycles. The molecule has 0 spiro atoms. The minimum atomic E-state index is -2.74. The van der Waals surface area contributed by atoms with E-state index in [1.165, 1.54) is 11.0 Å². The first-order valence-corrected chi connectivity index (χ1v) is 14.2. The Kier molecular flexibility index (Phi) is 7.64. The molecule has 2 saturated carbocycles. The third-order valence-electron chi connectivity index (χ3n) is 9.25. The SMILES string of the molecule is C#CCCCCc1ccc(-c2ccc(O)c3c2C[C@@H]2C[C@@H]4[C@@H](N(C)C)C(=O)C(C(N)=O)C(=O)[C@]4(O)C(=O)C2C3=O)cc1. The maximum atomic E-state index is 14.0. The summed E-state index contributed by atoms with van der Waals surface area (Å²) in [6.07, 6.45) is 9.08. The molecule has 0 bridgehead atoms. The lowest BCUT2D eigenvalue weighted by atomic mass is 9.52. The molecule has 0 saturated heterocycles. The quantitative estimate of drug-likeness (QED) is 0.259. The molecule has 3 aliphatic rings. The van der Waals surface area contributed by atoms with Gasteiger partial charge in [-0.1, -0.05) is 30.3 Å². The molecule has 0 aliphatic heterocycles. The summed E-state index contributed by atoms with van der Waals surface area (Å²) >= 11 is 0. The van der Waals surface area contributed by atoms with E-state index in [2.05, 4.69) is 5.92 Å². The van der Waals surface area contributed by atoms with Gasteiger partial charge in [-0.25, -0.2) is 0 Å². The molecular formula is C33H34N2O7. The first-order chi connectivity index (χ1) is 19.9. The number of carbonyl (C=O) groups excluding carboxylic acids is 5. The summed E-state index contributed by atoms with van der Waals surface area (Å²) in [5.41, 5.74) is 5.90. The third-order valence-corrected chi connectivity index (χ3v) is 9.25. The van der Waals surface area contributed by atoms with Crippen LogP contribution in [0.15, 0.2) is 36.4 Å². The molecule has 2 fully saturated rings. The van der Waals surface area contributed by atoms with Gasteiger partial charge in [-0.05, 0) is 80.4 Å². The number of hydrogen-bond donors (Lipinski definition) is 3. The van der Waals surface area contributed by atoms with Gasteiger partial charge in [0.05, 0.1) is 17.5 Å². The first kappa shape index (κ1) is 29.4. The Balaban J connectivity index is 1.54. The zero-order chi connectivity index (χ0) is 30.5. The van der Waals surface area contributed by atoms with Crippen LogP contribution in [-0.4, -0.2) is 69.9 Å². The van der Waals surface area contributed by atoms with Gasteiger partial charge in [0.1, 0.15) is 5.75 Å². The summed E-state index contributed by atoms with van der Waals surface area (Å²) in [4.78, 5) is 68.1. The minimum Gasteiger partial charge on any atom is -0.507 e. The number of phenolic OH excluding ortho intramolecular Hbond substituents is 1. The van der Waals surface area contributed by atoms with Crippen molar-refractivity contribution in [1.29, 1.82) is 0 Å². The Morgan fingerprint density at radius 2 is 1.76 bits per heavy atom. The molecule has 4 N–H and O–H groups in total. The Labute approximate surface area is 244 Å². The monoisotopic (exact) mass is 570 g/mol. The Bertz CT molecular complexity index is 1540. The number of fused-ring (bicyclic) bond motifs is 3. The van der Waals surface area contributed by atoms with Gasteiger partial charge in [0.2, 0.25) is 5.91 Å². The van der Waals surface area contributed by atoms with Crippen LogP contribution in [0, 0.1) is 36.0 Å². The molecule has 9 nitrogen and oxygen atoms in total. The van der Waals surface area contributed by atoms with E-state index in [4.69, 9.17) is 12.2 Å². The fourth-order valence-electron chi connectivity index (χ4n) is 7.28. The molecular weight excluding hydrogens is 536 g/mol. The van der Waals surface area contributed by atoms with Crippen LogP contribution >= 0.6 is 0 Å². The lowest BCUT2D eigenvalue weighted by Gasteiger charge is -2.52. The normalized spacial score (nSPS) is 28.6. The van der Waals surface area contributed by atoms with E-state index in [0.29, 0.717) is 5.56 Å². The Morgan fingerprint density at radius 1 is 1.07 bits per heavy atom. The van der Waals surface area contributed by atoms with E-state index in [1.54, 1.807) is 20.2 Å². The average molecular weight is 571 g/mol. The van der Waals surface area contributed by atoms with E-state index in [9.17, 15) is 34.2 Å². The van der Waals surface area contributed by atoms with Crippen molar-refractivity contribution >= 4 is 29.0 Å². The van der Waals surface area contributed by atoms with Gasteiger partial charge >= 0.3 is 0 Å². The van der Waals surface area contributed by atoms with Crippen LogP contribution in [0.1, 0.15) is 47.2 Å². The van der Waals surface area contributed by atoms with Crippen molar-refractivity contribution in [1.82, 2.24) is 4.90 Å². The maximum absolute atomic E-state index is 14.0. The molecule has 2 unspecified atom stereocenters. The van der Waals surface area contributed by atoms with E-state index >= 15 is 0 Å². The van der Waals surface area contributed by atoms with Crippen LogP contribution in [0.25, 0.3) is 11.1 Å². The van der Waals surface area contributed by atoms with Crippen molar-refractivity contribution in [3.8, 4) is 29.2 Å². The number of terminal acetylenes is 1. The number of amides is 1. The lowest BCUT2D eigenvalue weighted by molar-refractivity contribution is -0.181. The van der Waals surface area contributed by atoms with Crippen molar-refractivity contribution in [2.24, 2.45) is 29.4 Å². The number of nitrogens with zero attached hydrogens (tertiary/aromatic N) is 1. The van der Waals surface area contributed by atoms with Crippen LogP contribution in [0.4, 0.5) is 0 Å². The summed E-state index contributed by atoms with van der Waals surface area (Å²) in [5, 5.41) is 22.5. The van der Waals surface area contributed by atoms with Crippen molar-refractivity contribution < 1.29 is 34.2 Å². The lowest BCUT2D eigenvalue weighted by Crippen LogP contribution is -2.74. The van der Waals surface area contributed by atoms with E-state index < -0.39 is 64.4 Å². The predicted molar refractivity (Wildman–Crippen MR) is 153 cm³/mol. The van der Waals surface area contributed by atoms with Gasteiger partial charge in [0, 0.05) is 12.3 Å². The molecule has 42 heavy (non-hydrogen) atoms. The van der Waals surface area contributed by atoms with Crippen LogP contribution in [0.2, 0.25) is 0 Å². The summed E-state index contributed by atoms with van der Waals surface area (Å²) in [6, 6.07) is 9.93. The van der Waals surface area contributed by atoms with Crippen LogP contribution < -0.4 is 5.73 Å². The minimum absolute atomic E-state index is 0.00951. The molecule has 3 aliphatic carbocycles. The zero-order valence-electron chi connectivity index (χ0n) is 23.6. The number of unbranched alkanes of at least 4 members (excludes halogenated alkanes) is 2. The number of hydrogen-bond acceptors (Lipinski definition) is 8. The fourth-order valence-corrected chi connectivity index (χ4v) is 7.28. The fraction of sp³-hybridized carbons (Fsp3) is 0.424. The number of rotatable bonds is 7. The third kappa shape index (κ3) is 4.46. The van der Waals surface area contributed by atoms with Crippen molar-refractivity contribution in [2.45, 2.75) is 50.2 Å². The standard InChI is InChI=1S/C33H34N2O7/c1-4-5-6-7-8-17-9-11-18(12-10-17)20-13-14-23(36)25-21(20)15-19-16-22-27(35(2)3)29(38)26(32(34)41)31(40)33(22,42)30(39)24(19)28(25)37/h1,9-14,19,22,24,26-27,36,42H,5-8,15-16H2,2-3H3,(H2,34,41)/t19-,22-,24?,26?,27-,33-/m1/s1. The second kappa shape index (κ2) is 10.9. The molecule has 218 valence electrons. The highest BCUT2D eigenvalue weighted by atomic mass is 16.3. The molecule has 6 atom stereocenters. The van der Waals surface area contributed by atoms with E-state index in [0.717, 1.165) is 42.4 Å². The second-order valence-electron chi connectivity index (χ2n) is 11.9. The van der Waals surface area contributed by atoms with Gasteiger partial charge in [-0.3, -0.25) is 28.9 Å². The smallest absolute Gasteiger partial charge is 0.235 e. The summed E-state index contributed by atoms with van der Waals surface area (Å²) in [5.74, 6) is -7.89. The van der Waals surface area contributed by atoms with Crippen molar-refractivity contribution in [2.75, 3.05) is 14.1 Å². The number of nitrogens with two attached hydrogens (primary N) is 1. The first-order valence-electron chi connectivity index (χ1n) is 14.2. The number of Topliss-reactive ketones (excluding diaryl/α,β-unsaturated/α-hetero) is 4. The highest BCUT2D eigenvalue weighted by Crippen LogP contribution is 2.51. The zero-order valence-corrected chi connectivity index (χ0v) is 23.6. The Hall–Kier alpha value is -4.13. The number of ketones is 4. The number of benzene rings is 2. The van der Waals surface area contributed by atoms with Crippen LogP contribution in [0.5, 0.6) is 5.75 Å². The maximum Gasteiger partial charge on any atom is 0.235 e. The number of aliphatic hydroxyl groups is 1. The number of likely N-dealkylation sites (N-methyl/N-ethyl adjacent to an activating group) is 1. The molecule has 2 aromatic carbocycles.